The lowest BCUT2D eigenvalue weighted by Crippen LogP contribution is -2.55. The Kier molecular flexibility index (Phi) is 3.21. The quantitative estimate of drug-likeness (QED) is 0.848. The Balaban J connectivity index is 1.52. The summed E-state index contributed by atoms with van der Waals surface area (Å²) in [4.78, 5) is 16.7. The first kappa shape index (κ1) is 13.6. The van der Waals surface area contributed by atoms with Gasteiger partial charge in [-0.1, -0.05) is 11.6 Å². The van der Waals surface area contributed by atoms with E-state index in [0.29, 0.717) is 28.6 Å². The van der Waals surface area contributed by atoms with Crippen molar-refractivity contribution in [2.75, 3.05) is 0 Å². The number of carbonyl (C=O) groups is 1. The molecular weight excluding hydrogens is 284 g/mol. The average molecular weight is 305 g/mol. The zero-order chi connectivity index (χ0) is 14.6. The van der Waals surface area contributed by atoms with Crippen molar-refractivity contribution < 1.29 is 4.79 Å². The predicted octanol–water partition coefficient (Wildman–Crippen LogP) is 3.60. The highest BCUT2D eigenvalue weighted by Gasteiger charge is 2.48. The molecule has 0 unspecified atom stereocenters. The minimum Gasteiger partial charge on any atom is -0.349 e. The fraction of sp³-hybridized carbons (Fsp3) is 0.647. The Bertz CT molecular complexity index is 538. The average Bonchev–Trinajstić information content (AvgIpc) is 2.40. The summed E-state index contributed by atoms with van der Waals surface area (Å²) in [5.74, 6) is 3.27. The second kappa shape index (κ2) is 4.98. The number of amides is 1. The Morgan fingerprint density at radius 1 is 1.14 bits per heavy atom. The lowest BCUT2D eigenvalue weighted by molar-refractivity contribution is -0.0119. The van der Waals surface area contributed by atoms with Crippen molar-refractivity contribution in [3.05, 3.63) is 28.5 Å². The van der Waals surface area contributed by atoms with Gasteiger partial charge in [0.2, 0.25) is 0 Å². The van der Waals surface area contributed by atoms with E-state index in [4.69, 9.17) is 11.6 Å². The van der Waals surface area contributed by atoms with Crippen molar-refractivity contribution in [3.63, 3.8) is 0 Å². The summed E-state index contributed by atoms with van der Waals surface area (Å²) in [6, 6.07) is 3.86. The zero-order valence-corrected chi connectivity index (χ0v) is 13.1. The Morgan fingerprint density at radius 3 is 2.33 bits per heavy atom. The van der Waals surface area contributed by atoms with Gasteiger partial charge in [0.05, 0.1) is 0 Å². The van der Waals surface area contributed by atoms with Gasteiger partial charge < -0.3 is 5.32 Å². The smallest absolute Gasteiger partial charge is 0.251 e. The van der Waals surface area contributed by atoms with Crippen molar-refractivity contribution in [1.29, 1.82) is 0 Å². The number of aromatic nitrogens is 1. The zero-order valence-electron chi connectivity index (χ0n) is 12.3. The van der Waals surface area contributed by atoms with Gasteiger partial charge in [-0.05, 0) is 74.8 Å². The molecule has 1 aromatic rings. The topological polar surface area (TPSA) is 42.0 Å². The molecule has 0 aromatic carbocycles. The van der Waals surface area contributed by atoms with Gasteiger partial charge in [-0.2, -0.15) is 0 Å². The molecule has 1 aromatic heterocycles. The summed E-state index contributed by atoms with van der Waals surface area (Å²) in [5, 5.41) is 3.70. The molecule has 5 rings (SSSR count). The van der Waals surface area contributed by atoms with E-state index in [2.05, 4.69) is 10.3 Å². The third-order valence-corrected chi connectivity index (χ3v) is 5.90. The summed E-state index contributed by atoms with van der Waals surface area (Å²) >= 11 is 5.97. The van der Waals surface area contributed by atoms with Crippen LogP contribution in [0.1, 0.15) is 48.2 Å². The second-order valence-corrected chi connectivity index (χ2v) is 7.64. The molecule has 21 heavy (non-hydrogen) atoms. The third-order valence-electron chi connectivity index (χ3n) is 5.71. The normalized spacial score (nSPS) is 36.8. The maximum atomic E-state index is 12.5. The molecule has 1 N–H and O–H groups in total. The molecule has 0 spiro atoms. The number of aryl methyl sites for hydroxylation is 1. The van der Waals surface area contributed by atoms with Crippen LogP contribution in [0, 0.1) is 30.6 Å². The van der Waals surface area contributed by atoms with Crippen LogP contribution >= 0.6 is 11.6 Å². The summed E-state index contributed by atoms with van der Waals surface area (Å²) in [5.41, 5.74) is 1.43. The Hall–Kier alpha value is -1.09. The molecule has 4 aliphatic rings. The van der Waals surface area contributed by atoms with E-state index < -0.39 is 0 Å². The van der Waals surface area contributed by atoms with Crippen molar-refractivity contribution >= 4 is 17.5 Å². The van der Waals surface area contributed by atoms with Gasteiger partial charge in [0.25, 0.3) is 5.91 Å². The summed E-state index contributed by atoms with van der Waals surface area (Å²) in [7, 11) is 0. The van der Waals surface area contributed by atoms with Gasteiger partial charge in [0.1, 0.15) is 5.15 Å². The van der Waals surface area contributed by atoms with Gasteiger partial charge in [0.15, 0.2) is 0 Å². The number of hydrogen-bond donors (Lipinski definition) is 1. The monoisotopic (exact) mass is 304 g/mol. The van der Waals surface area contributed by atoms with Gasteiger partial charge >= 0.3 is 0 Å². The first-order chi connectivity index (χ1) is 10.1. The highest BCUT2D eigenvalue weighted by atomic mass is 35.5. The van der Waals surface area contributed by atoms with E-state index >= 15 is 0 Å². The predicted molar refractivity (Wildman–Crippen MR) is 82.3 cm³/mol. The highest BCUT2D eigenvalue weighted by Crippen LogP contribution is 2.53. The minimum absolute atomic E-state index is 0.0138. The number of rotatable bonds is 2. The lowest BCUT2D eigenvalue weighted by Gasteiger charge is -2.54. The molecule has 0 saturated heterocycles. The molecule has 4 bridgehead atoms. The number of halogens is 1. The van der Waals surface area contributed by atoms with Crippen molar-refractivity contribution in [2.24, 2.45) is 23.7 Å². The Morgan fingerprint density at radius 2 is 1.76 bits per heavy atom. The van der Waals surface area contributed by atoms with Crippen molar-refractivity contribution in [2.45, 2.75) is 45.1 Å². The molecule has 4 saturated carbocycles. The third kappa shape index (κ3) is 2.46. The fourth-order valence-corrected chi connectivity index (χ4v) is 5.41. The minimum atomic E-state index is 0.0138. The highest BCUT2D eigenvalue weighted by molar-refractivity contribution is 6.29. The first-order valence-electron chi connectivity index (χ1n) is 8.03. The first-order valence-corrected chi connectivity index (χ1v) is 8.41. The molecule has 4 heteroatoms. The van der Waals surface area contributed by atoms with E-state index in [1.165, 1.54) is 32.1 Å². The standard InChI is InChI=1S/C17H21ClN2O/c1-9-2-14(8-15(18)19-9)17(21)20-16-12-4-10-3-11(6-12)7-13(16)5-10/h2,8,10-13,16H,3-7H2,1H3,(H,20,21). The van der Waals surface area contributed by atoms with Crippen LogP contribution in [0.25, 0.3) is 0 Å². The fourth-order valence-electron chi connectivity index (χ4n) is 5.15. The van der Waals surface area contributed by atoms with Crippen molar-refractivity contribution in [3.8, 4) is 0 Å². The van der Waals surface area contributed by atoms with E-state index in [0.717, 1.165) is 17.5 Å². The Labute approximate surface area is 130 Å². The molecule has 1 amide bonds. The van der Waals surface area contributed by atoms with Crippen molar-refractivity contribution in [1.82, 2.24) is 10.3 Å². The molecule has 3 nitrogen and oxygen atoms in total. The van der Waals surface area contributed by atoms with Crippen LogP contribution in [0.2, 0.25) is 5.15 Å². The van der Waals surface area contributed by atoms with E-state index in [1.807, 2.05) is 13.0 Å². The summed E-state index contributed by atoms with van der Waals surface area (Å²) in [6.45, 7) is 1.87. The van der Waals surface area contributed by atoms with Crippen LogP contribution in [-0.4, -0.2) is 16.9 Å². The summed E-state index contributed by atoms with van der Waals surface area (Å²) < 4.78 is 0. The van der Waals surface area contributed by atoms with E-state index in [1.54, 1.807) is 6.07 Å². The number of carbonyl (C=O) groups excluding carboxylic acids is 1. The van der Waals surface area contributed by atoms with Gasteiger partial charge in [0, 0.05) is 17.3 Å². The maximum Gasteiger partial charge on any atom is 0.251 e. The molecular formula is C17H21ClN2O. The van der Waals surface area contributed by atoms with Crippen LogP contribution in [0.4, 0.5) is 0 Å². The number of nitrogens with zero attached hydrogens (tertiary/aromatic N) is 1. The van der Waals surface area contributed by atoms with Gasteiger partial charge in [-0.15, -0.1) is 0 Å². The molecule has 0 aliphatic heterocycles. The SMILES string of the molecule is Cc1cc(C(=O)NC2C3CC4CC(C3)CC2C4)cc(Cl)n1. The molecule has 0 radical (unpaired) electrons. The number of pyridine rings is 1. The number of nitrogens with one attached hydrogen (secondary N) is 1. The number of hydrogen-bond acceptors (Lipinski definition) is 2. The summed E-state index contributed by atoms with van der Waals surface area (Å²) in [6.07, 6.45) is 6.69. The second-order valence-electron chi connectivity index (χ2n) is 7.25. The molecule has 112 valence electrons. The van der Waals surface area contributed by atoms with Gasteiger partial charge in [-0.3, -0.25) is 4.79 Å². The lowest BCUT2D eigenvalue weighted by atomic mass is 9.54. The van der Waals surface area contributed by atoms with E-state index in [9.17, 15) is 4.79 Å². The molecule has 0 atom stereocenters. The molecule has 1 heterocycles. The van der Waals surface area contributed by atoms with Crippen LogP contribution in [0.15, 0.2) is 12.1 Å². The van der Waals surface area contributed by atoms with E-state index in [-0.39, 0.29) is 5.91 Å². The van der Waals surface area contributed by atoms with Crippen LogP contribution in [-0.2, 0) is 0 Å². The molecule has 4 aliphatic carbocycles. The van der Waals surface area contributed by atoms with Gasteiger partial charge in [-0.25, -0.2) is 4.98 Å². The van der Waals surface area contributed by atoms with Crippen LogP contribution in [0.5, 0.6) is 0 Å². The van der Waals surface area contributed by atoms with Crippen LogP contribution < -0.4 is 5.32 Å². The molecule has 4 fully saturated rings. The van der Waals surface area contributed by atoms with Crippen LogP contribution in [0.3, 0.4) is 0 Å². The maximum absolute atomic E-state index is 12.5. The largest absolute Gasteiger partial charge is 0.349 e.